The largest absolute Gasteiger partial charge is 0.457 e. The first kappa shape index (κ1) is 35.2. The van der Waals surface area contributed by atoms with Gasteiger partial charge >= 0.3 is 6.09 Å². The zero-order valence-electron chi connectivity index (χ0n) is 28.2. The fourth-order valence-electron chi connectivity index (χ4n) is 6.38. The number of likely N-dealkylation sites (tertiary alicyclic amines) is 1. The molecule has 0 aromatic heterocycles. The Morgan fingerprint density at radius 2 is 1.81 bits per heavy atom. The van der Waals surface area contributed by atoms with E-state index in [1.165, 1.54) is 17.0 Å². The second-order valence-electron chi connectivity index (χ2n) is 13.2. The van der Waals surface area contributed by atoms with E-state index in [0.717, 1.165) is 64.8 Å². The van der Waals surface area contributed by atoms with Crippen LogP contribution in [0.15, 0.2) is 48.6 Å². The minimum Gasteiger partial charge on any atom is -0.457 e. The molecule has 0 radical (unpaired) electrons. The number of rotatable bonds is 13. The smallest absolute Gasteiger partial charge is 0.410 e. The fourth-order valence-corrected chi connectivity index (χ4v) is 6.38. The van der Waals surface area contributed by atoms with Gasteiger partial charge in [0.15, 0.2) is 0 Å². The van der Waals surface area contributed by atoms with Crippen molar-refractivity contribution in [1.82, 2.24) is 15.1 Å². The first-order chi connectivity index (χ1) is 23.1. The Kier molecular flexibility index (Phi) is 12.0. The molecule has 3 aliphatic rings. The van der Waals surface area contributed by atoms with Crippen LogP contribution in [0.4, 0.5) is 9.18 Å². The Labute approximate surface area is 284 Å². The van der Waals surface area contributed by atoms with Gasteiger partial charge in [-0.1, -0.05) is 27.2 Å². The number of halogens is 1. The maximum Gasteiger partial charge on any atom is 0.410 e. The van der Waals surface area contributed by atoms with E-state index in [1.54, 1.807) is 36.4 Å². The molecule has 2 aromatic rings. The number of hydrogen-bond donors (Lipinski definition) is 3. The Morgan fingerprint density at radius 1 is 1.10 bits per heavy atom. The molecule has 2 amide bonds. The number of cyclic esters (lactones) is 1. The highest BCUT2D eigenvalue weighted by Gasteiger charge is 2.32. The van der Waals surface area contributed by atoms with Crippen molar-refractivity contribution in [2.24, 2.45) is 5.92 Å². The molecule has 48 heavy (non-hydrogen) atoms. The van der Waals surface area contributed by atoms with Crippen molar-refractivity contribution in [3.8, 4) is 11.5 Å². The lowest BCUT2D eigenvalue weighted by atomic mass is 9.99. The molecule has 0 bridgehead atoms. The summed E-state index contributed by atoms with van der Waals surface area (Å²) in [6, 6.07) is 10.0. The molecule has 2 aromatic carbocycles. The quantitative estimate of drug-likeness (QED) is 0.199. The van der Waals surface area contributed by atoms with E-state index in [1.807, 2.05) is 20.8 Å². The van der Waals surface area contributed by atoms with E-state index in [0.29, 0.717) is 35.2 Å². The molecule has 11 heteroatoms. The minimum absolute atomic E-state index is 0. The van der Waals surface area contributed by atoms with Crippen LogP contribution >= 0.6 is 0 Å². The summed E-state index contributed by atoms with van der Waals surface area (Å²) in [4.78, 5) is 30.1. The van der Waals surface area contributed by atoms with Crippen LogP contribution in [0, 0.1) is 22.6 Å². The van der Waals surface area contributed by atoms with Gasteiger partial charge in [-0.2, -0.15) is 0 Å². The molecule has 3 aliphatic heterocycles. The monoisotopic (exact) mass is 663 g/mol. The molecule has 3 N–H and O–H groups in total. The zero-order chi connectivity index (χ0) is 34.2. The van der Waals surface area contributed by atoms with Gasteiger partial charge in [-0.3, -0.25) is 4.79 Å². The molecule has 0 saturated carbocycles. The van der Waals surface area contributed by atoms with Gasteiger partial charge in [0.2, 0.25) is 0 Å². The molecule has 3 saturated heterocycles. The van der Waals surface area contributed by atoms with Crippen LogP contribution in [-0.4, -0.2) is 84.3 Å². The van der Waals surface area contributed by atoms with Crippen LogP contribution in [0.5, 0.6) is 11.5 Å². The van der Waals surface area contributed by atoms with Crippen molar-refractivity contribution in [3.63, 3.8) is 0 Å². The number of nitrogens with one attached hydrogen (secondary N) is 3. The summed E-state index contributed by atoms with van der Waals surface area (Å²) in [5, 5.41) is 19.4. The van der Waals surface area contributed by atoms with Gasteiger partial charge in [-0.25, -0.2) is 9.18 Å². The van der Waals surface area contributed by atoms with Crippen LogP contribution in [-0.2, 0) is 16.0 Å². The first-order valence-corrected chi connectivity index (χ1v) is 17.1. The van der Waals surface area contributed by atoms with E-state index in [2.05, 4.69) is 10.2 Å². The van der Waals surface area contributed by atoms with E-state index < -0.39 is 17.8 Å². The molecule has 0 spiro atoms. The number of piperidine rings is 1. The normalized spacial score (nSPS) is 19.6. The molecule has 1 unspecified atom stereocenters. The molecule has 3 fully saturated rings. The third kappa shape index (κ3) is 9.08. The van der Waals surface area contributed by atoms with Crippen LogP contribution in [0.25, 0.3) is 0 Å². The van der Waals surface area contributed by atoms with Crippen molar-refractivity contribution in [3.05, 3.63) is 71.1 Å². The van der Waals surface area contributed by atoms with Gasteiger partial charge in [0.05, 0.1) is 24.4 Å². The molecule has 0 aliphatic carbocycles. The number of carbonyl (C=O) groups is 2. The molecule has 260 valence electrons. The standard InChI is InChI=1S/C37H48FN5O5.H2/c1-4-5-30-23-43(37(45)48-30)22-26-20-32(38)31(36(44)41-27-12-16-42(17-13-27)28-14-18-46-19-15-28)21-35(26)47-29-8-6-25(7-9-29)34(40)11-10-33(39)24(2)3;/h6-11,20-21,24,27-28,30,39-40H,4-5,12-19,22-23H2,1-3H3,(H,41,44);1H/b11-10-,39-33?,40-34?;. The lowest BCUT2D eigenvalue weighted by molar-refractivity contribution is 0.0238. The number of nitrogens with zero attached hydrogens (tertiary/aromatic N) is 2. The molecule has 5 rings (SSSR count). The number of carbonyl (C=O) groups excluding carboxylic acids is 2. The van der Waals surface area contributed by atoms with Crippen molar-refractivity contribution in [2.75, 3.05) is 32.8 Å². The summed E-state index contributed by atoms with van der Waals surface area (Å²) >= 11 is 0. The maximum absolute atomic E-state index is 15.7. The van der Waals surface area contributed by atoms with Gasteiger partial charge in [0.25, 0.3) is 5.91 Å². The second-order valence-corrected chi connectivity index (χ2v) is 13.2. The second kappa shape index (κ2) is 16.3. The van der Waals surface area contributed by atoms with Crippen molar-refractivity contribution < 1.29 is 29.6 Å². The van der Waals surface area contributed by atoms with Gasteiger partial charge < -0.3 is 40.1 Å². The summed E-state index contributed by atoms with van der Waals surface area (Å²) in [5.41, 5.74) is 1.62. The number of hydrogen-bond acceptors (Lipinski definition) is 8. The summed E-state index contributed by atoms with van der Waals surface area (Å²) in [7, 11) is 0. The first-order valence-electron chi connectivity index (χ1n) is 17.1. The van der Waals surface area contributed by atoms with Crippen molar-refractivity contribution in [1.29, 1.82) is 10.8 Å². The lowest BCUT2D eigenvalue weighted by Crippen LogP contribution is -2.49. The highest BCUT2D eigenvalue weighted by atomic mass is 19.1. The topological polar surface area (TPSA) is 128 Å². The average molecular weight is 664 g/mol. The maximum atomic E-state index is 15.7. The summed E-state index contributed by atoms with van der Waals surface area (Å²) in [6.45, 7) is 9.65. The summed E-state index contributed by atoms with van der Waals surface area (Å²) < 4.78 is 32.9. The van der Waals surface area contributed by atoms with Crippen LogP contribution < -0.4 is 10.1 Å². The minimum atomic E-state index is -0.685. The number of benzene rings is 2. The van der Waals surface area contributed by atoms with Gasteiger partial charge in [0, 0.05) is 51.1 Å². The molecule has 1 atom stereocenters. The van der Waals surface area contributed by atoms with Crippen molar-refractivity contribution >= 4 is 23.4 Å². The summed E-state index contributed by atoms with van der Waals surface area (Å²) in [5.74, 6) is -0.431. The Balaban J connectivity index is 0.00000541. The molecule has 10 nitrogen and oxygen atoms in total. The highest BCUT2D eigenvalue weighted by molar-refractivity contribution is 6.10. The van der Waals surface area contributed by atoms with E-state index in [4.69, 9.17) is 25.0 Å². The molecule has 3 heterocycles. The predicted molar refractivity (Wildman–Crippen MR) is 185 cm³/mol. The number of amides is 2. The van der Waals surface area contributed by atoms with Gasteiger partial charge in [-0.15, -0.1) is 0 Å². The lowest BCUT2D eigenvalue weighted by Gasteiger charge is -2.39. The average Bonchev–Trinajstić information content (AvgIpc) is 3.43. The van der Waals surface area contributed by atoms with Crippen molar-refractivity contribution in [2.45, 2.75) is 84.0 Å². The Hall–Kier alpha value is -4.09. The van der Waals surface area contributed by atoms with E-state index in [9.17, 15) is 9.59 Å². The molecular formula is C37H50FN5O5. The number of allylic oxidation sites excluding steroid dienone is 2. The summed E-state index contributed by atoms with van der Waals surface area (Å²) in [6.07, 6.45) is 7.77. The predicted octanol–water partition coefficient (Wildman–Crippen LogP) is 6.96. The van der Waals surface area contributed by atoms with E-state index >= 15 is 4.39 Å². The fraction of sp³-hybridized carbons (Fsp3) is 0.514. The third-order valence-corrected chi connectivity index (χ3v) is 9.33. The molecular weight excluding hydrogens is 613 g/mol. The Morgan fingerprint density at radius 3 is 2.48 bits per heavy atom. The van der Waals surface area contributed by atoms with Crippen LogP contribution in [0.3, 0.4) is 0 Å². The SMILES string of the molecule is CCCC1CN(Cc2cc(F)c(C(=O)NC3CCN(C4CCOCC4)CC3)cc2Oc2ccc(C(=N)/C=C\C(=N)C(C)C)cc2)C(=O)O1.[HH]. The van der Waals surface area contributed by atoms with Crippen LogP contribution in [0.1, 0.15) is 82.2 Å². The highest BCUT2D eigenvalue weighted by Crippen LogP contribution is 2.32. The number of ether oxygens (including phenoxy) is 3. The third-order valence-electron chi connectivity index (χ3n) is 9.33. The van der Waals surface area contributed by atoms with Crippen LogP contribution in [0.2, 0.25) is 0 Å². The van der Waals surface area contributed by atoms with E-state index in [-0.39, 0.29) is 43.1 Å². The van der Waals surface area contributed by atoms with Gasteiger partial charge in [-0.05, 0) is 92.1 Å². The Bertz CT molecular complexity index is 1500. The zero-order valence-corrected chi connectivity index (χ0v) is 28.2. The van der Waals surface area contributed by atoms with Gasteiger partial charge in [0.1, 0.15) is 23.4 Å².